The number of anilines is 1. The Morgan fingerprint density at radius 3 is 2.68 bits per heavy atom. The molecule has 2 fully saturated rings. The fourth-order valence-corrected chi connectivity index (χ4v) is 3.70. The second-order valence-electron chi connectivity index (χ2n) is 6.85. The SMILES string of the molecule is Fc1ccc(CN2CC[C@]3(C[C@H](Nc4ncc(F)cn4)CO3)C2)cc1. The van der Waals surface area contributed by atoms with Gasteiger partial charge in [-0.2, -0.15) is 0 Å². The number of benzene rings is 1. The van der Waals surface area contributed by atoms with Crippen LogP contribution in [0, 0.1) is 11.6 Å². The maximum Gasteiger partial charge on any atom is 0.223 e. The molecule has 0 unspecified atom stereocenters. The van der Waals surface area contributed by atoms with E-state index in [0.29, 0.717) is 12.6 Å². The maximum atomic E-state index is 13.0. The minimum Gasteiger partial charge on any atom is -0.371 e. The van der Waals surface area contributed by atoms with Crippen molar-refractivity contribution in [3.8, 4) is 0 Å². The van der Waals surface area contributed by atoms with Crippen LogP contribution in [-0.2, 0) is 11.3 Å². The lowest BCUT2D eigenvalue weighted by Gasteiger charge is -2.23. The Morgan fingerprint density at radius 1 is 1.16 bits per heavy atom. The summed E-state index contributed by atoms with van der Waals surface area (Å²) in [6, 6.07) is 6.76. The number of likely N-dealkylation sites (tertiary alicyclic amines) is 1. The average molecular weight is 346 g/mol. The van der Waals surface area contributed by atoms with Gasteiger partial charge in [-0.25, -0.2) is 18.7 Å². The quantitative estimate of drug-likeness (QED) is 0.922. The number of ether oxygens (including phenoxy) is 1. The van der Waals surface area contributed by atoms with Gasteiger partial charge < -0.3 is 10.1 Å². The largest absolute Gasteiger partial charge is 0.371 e. The lowest BCUT2D eigenvalue weighted by atomic mass is 9.97. The zero-order chi connectivity index (χ0) is 17.3. The third-order valence-corrected chi connectivity index (χ3v) is 4.88. The van der Waals surface area contributed by atoms with Crippen LogP contribution in [0.15, 0.2) is 36.7 Å². The minimum atomic E-state index is -0.447. The minimum absolute atomic E-state index is 0.122. The van der Waals surface area contributed by atoms with Crippen molar-refractivity contribution in [1.82, 2.24) is 14.9 Å². The van der Waals surface area contributed by atoms with Gasteiger partial charge in [0.1, 0.15) is 5.82 Å². The van der Waals surface area contributed by atoms with Gasteiger partial charge in [-0.3, -0.25) is 4.90 Å². The van der Waals surface area contributed by atoms with Gasteiger partial charge >= 0.3 is 0 Å². The first-order valence-electron chi connectivity index (χ1n) is 8.45. The predicted octanol–water partition coefficient (Wildman–Crippen LogP) is 2.60. The van der Waals surface area contributed by atoms with Crippen LogP contribution in [0.1, 0.15) is 18.4 Å². The van der Waals surface area contributed by atoms with Crippen molar-refractivity contribution in [3.63, 3.8) is 0 Å². The van der Waals surface area contributed by atoms with E-state index in [1.54, 1.807) is 0 Å². The Bertz CT molecular complexity index is 659. The predicted molar refractivity (Wildman–Crippen MR) is 89.0 cm³/mol. The van der Waals surface area contributed by atoms with Crippen LogP contribution in [-0.4, -0.2) is 46.2 Å². The van der Waals surface area contributed by atoms with Crippen molar-refractivity contribution in [1.29, 1.82) is 0 Å². The molecule has 0 saturated carbocycles. The van der Waals surface area contributed by atoms with Crippen molar-refractivity contribution in [2.75, 3.05) is 25.0 Å². The van der Waals surface area contributed by atoms with Crippen LogP contribution in [0.2, 0.25) is 0 Å². The van der Waals surface area contributed by atoms with E-state index < -0.39 is 5.82 Å². The fraction of sp³-hybridized carbons (Fsp3) is 0.444. The topological polar surface area (TPSA) is 50.3 Å². The smallest absolute Gasteiger partial charge is 0.223 e. The van der Waals surface area contributed by atoms with Crippen LogP contribution < -0.4 is 5.32 Å². The normalized spacial score (nSPS) is 26.4. The van der Waals surface area contributed by atoms with Gasteiger partial charge in [-0.15, -0.1) is 0 Å². The molecule has 0 amide bonds. The van der Waals surface area contributed by atoms with Crippen molar-refractivity contribution in [3.05, 3.63) is 53.9 Å². The van der Waals surface area contributed by atoms with E-state index in [4.69, 9.17) is 4.74 Å². The number of rotatable bonds is 4. The van der Waals surface area contributed by atoms with E-state index in [9.17, 15) is 8.78 Å². The summed E-state index contributed by atoms with van der Waals surface area (Å²) in [4.78, 5) is 10.2. The Kier molecular flexibility index (Phi) is 4.35. The molecular formula is C18H20F2N4O. The third-order valence-electron chi connectivity index (χ3n) is 4.88. The highest BCUT2D eigenvalue weighted by Crippen LogP contribution is 2.36. The summed E-state index contributed by atoms with van der Waals surface area (Å²) in [5.41, 5.74) is 0.948. The molecule has 0 radical (unpaired) electrons. The molecule has 5 nitrogen and oxygen atoms in total. The highest BCUT2D eigenvalue weighted by molar-refractivity contribution is 5.26. The fourth-order valence-electron chi connectivity index (χ4n) is 3.70. The maximum absolute atomic E-state index is 13.0. The van der Waals surface area contributed by atoms with Crippen LogP contribution in [0.3, 0.4) is 0 Å². The van der Waals surface area contributed by atoms with Gasteiger partial charge in [-0.05, 0) is 24.1 Å². The molecule has 1 N–H and O–H groups in total. The monoisotopic (exact) mass is 346 g/mol. The zero-order valence-corrected chi connectivity index (χ0v) is 13.8. The van der Waals surface area contributed by atoms with Crippen molar-refractivity contribution >= 4 is 5.95 Å². The standard InChI is InChI=1S/C18H20F2N4O/c19-14-3-1-13(2-4-14)10-24-6-5-18(12-24)7-16(11-25-18)23-17-21-8-15(20)9-22-17/h1-4,8-9,16H,5-7,10-12H2,(H,21,22,23)/t16-,18-/m0/s1. The molecule has 1 aromatic carbocycles. The van der Waals surface area contributed by atoms with E-state index in [1.807, 2.05) is 12.1 Å². The molecule has 132 valence electrons. The summed E-state index contributed by atoms with van der Waals surface area (Å²) < 4.78 is 32.0. The number of hydrogen-bond acceptors (Lipinski definition) is 5. The first-order chi connectivity index (χ1) is 12.1. The Morgan fingerprint density at radius 2 is 1.92 bits per heavy atom. The summed E-state index contributed by atoms with van der Waals surface area (Å²) in [6.07, 6.45) is 4.14. The molecule has 2 aromatic rings. The summed E-state index contributed by atoms with van der Waals surface area (Å²) in [5, 5.41) is 3.22. The molecule has 0 aliphatic carbocycles. The van der Waals surface area contributed by atoms with E-state index >= 15 is 0 Å². The summed E-state index contributed by atoms with van der Waals surface area (Å²) >= 11 is 0. The van der Waals surface area contributed by atoms with Crippen molar-refractivity contribution < 1.29 is 13.5 Å². The zero-order valence-electron chi connectivity index (χ0n) is 13.8. The van der Waals surface area contributed by atoms with Gasteiger partial charge in [0.2, 0.25) is 5.95 Å². The first kappa shape index (κ1) is 16.4. The molecule has 2 atom stereocenters. The lowest BCUT2D eigenvalue weighted by Crippen LogP contribution is -2.33. The number of nitrogens with zero attached hydrogens (tertiary/aromatic N) is 3. The summed E-state index contributed by atoms with van der Waals surface area (Å²) in [6.45, 7) is 3.19. The highest BCUT2D eigenvalue weighted by atomic mass is 19.1. The van der Waals surface area contributed by atoms with Crippen LogP contribution in [0.4, 0.5) is 14.7 Å². The molecule has 25 heavy (non-hydrogen) atoms. The molecule has 0 bridgehead atoms. The van der Waals surface area contributed by atoms with Crippen LogP contribution in [0.5, 0.6) is 0 Å². The van der Waals surface area contributed by atoms with E-state index in [1.165, 1.54) is 12.1 Å². The molecule has 2 aliphatic rings. The number of aromatic nitrogens is 2. The highest BCUT2D eigenvalue weighted by Gasteiger charge is 2.45. The van der Waals surface area contributed by atoms with Gasteiger partial charge in [0.15, 0.2) is 5.82 Å². The molecule has 1 aromatic heterocycles. The van der Waals surface area contributed by atoms with Gasteiger partial charge in [0.05, 0.1) is 30.6 Å². The van der Waals surface area contributed by atoms with Crippen LogP contribution >= 0.6 is 0 Å². The van der Waals surface area contributed by atoms with E-state index in [-0.39, 0.29) is 17.5 Å². The lowest BCUT2D eigenvalue weighted by molar-refractivity contribution is 0.0120. The number of halogens is 2. The first-order valence-corrected chi connectivity index (χ1v) is 8.45. The molecule has 3 heterocycles. The molecule has 2 saturated heterocycles. The molecular weight excluding hydrogens is 326 g/mol. The Hall–Kier alpha value is -2.12. The average Bonchev–Trinajstić information content (AvgIpc) is 3.19. The molecule has 1 spiro atoms. The van der Waals surface area contributed by atoms with Gasteiger partial charge in [0.25, 0.3) is 0 Å². The van der Waals surface area contributed by atoms with Gasteiger partial charge in [-0.1, -0.05) is 12.1 Å². The van der Waals surface area contributed by atoms with Gasteiger partial charge in [0, 0.05) is 26.1 Å². The Labute approximate surface area is 145 Å². The van der Waals surface area contributed by atoms with E-state index in [0.717, 1.165) is 50.4 Å². The number of hydrogen-bond donors (Lipinski definition) is 1. The third kappa shape index (κ3) is 3.77. The molecule has 2 aliphatic heterocycles. The number of nitrogens with one attached hydrogen (secondary N) is 1. The second kappa shape index (κ2) is 6.65. The van der Waals surface area contributed by atoms with E-state index in [2.05, 4.69) is 20.2 Å². The summed E-state index contributed by atoms with van der Waals surface area (Å²) in [5.74, 6) is -0.233. The Balaban J connectivity index is 1.33. The van der Waals surface area contributed by atoms with Crippen LogP contribution in [0.25, 0.3) is 0 Å². The second-order valence-corrected chi connectivity index (χ2v) is 6.85. The molecule has 7 heteroatoms. The summed E-state index contributed by atoms with van der Waals surface area (Å²) in [7, 11) is 0. The van der Waals surface area contributed by atoms with Crippen molar-refractivity contribution in [2.45, 2.75) is 31.0 Å². The van der Waals surface area contributed by atoms with Crippen molar-refractivity contribution in [2.24, 2.45) is 0 Å². The molecule has 4 rings (SSSR count).